The smallest absolute Gasteiger partial charge is 0.121 e. The lowest BCUT2D eigenvalue weighted by Gasteiger charge is -2.40. The minimum atomic E-state index is 0.0287. The van der Waals surface area contributed by atoms with Crippen molar-refractivity contribution in [2.75, 3.05) is 27.7 Å². The molecule has 0 aliphatic rings. The second-order valence-electron chi connectivity index (χ2n) is 2.73. The Kier molecular flexibility index (Phi) is 4.91. The summed E-state index contributed by atoms with van der Waals surface area (Å²) in [6, 6.07) is 1.18. The molecular weight excluding hydrogens is 154 g/mol. The molecule has 0 rings (SSSR count). The van der Waals surface area contributed by atoms with Crippen LogP contribution < -0.4 is 10.6 Å². The Morgan fingerprint density at radius 1 is 1.36 bits per heavy atom. The zero-order valence-electron chi connectivity index (χ0n) is 8.36. The molecule has 0 unspecified atom stereocenters. The van der Waals surface area contributed by atoms with Gasteiger partial charge in [0.25, 0.3) is 0 Å². The second-order valence-corrected chi connectivity index (χ2v) is 3.44. The molecular formula is C7H21N3Si. The largest absolute Gasteiger partial charge is 0.290 e. The molecule has 0 atom stereocenters. The lowest BCUT2D eigenvalue weighted by atomic mass is 10.3. The van der Waals surface area contributed by atoms with Crippen LogP contribution in [0.25, 0.3) is 0 Å². The van der Waals surface area contributed by atoms with E-state index in [4.69, 9.17) is 0 Å². The van der Waals surface area contributed by atoms with Crippen LogP contribution in [-0.4, -0.2) is 48.6 Å². The summed E-state index contributed by atoms with van der Waals surface area (Å²) in [4.78, 5) is 2.29. The summed E-state index contributed by atoms with van der Waals surface area (Å²) in [6.07, 6.45) is 0. The highest BCUT2D eigenvalue weighted by Crippen LogP contribution is 2.07. The van der Waals surface area contributed by atoms with E-state index in [9.17, 15) is 0 Å². The van der Waals surface area contributed by atoms with E-state index in [2.05, 4.69) is 29.5 Å². The molecule has 0 heterocycles. The van der Waals surface area contributed by atoms with Gasteiger partial charge in [0.2, 0.25) is 0 Å². The van der Waals surface area contributed by atoms with Crippen LogP contribution in [0.2, 0.25) is 6.04 Å². The first-order chi connectivity index (χ1) is 5.16. The van der Waals surface area contributed by atoms with E-state index in [1.165, 1.54) is 16.3 Å². The van der Waals surface area contributed by atoms with Gasteiger partial charge in [-0.05, 0) is 33.7 Å². The molecule has 0 fully saturated rings. The van der Waals surface area contributed by atoms with E-state index in [1.807, 2.05) is 14.1 Å². The molecule has 0 saturated carbocycles. The fourth-order valence-corrected chi connectivity index (χ4v) is 2.65. The predicted octanol–water partition coefficient (Wildman–Crippen LogP) is -1.19. The average molecular weight is 175 g/mol. The van der Waals surface area contributed by atoms with Crippen LogP contribution in [0.15, 0.2) is 0 Å². The molecule has 11 heavy (non-hydrogen) atoms. The van der Waals surface area contributed by atoms with Crippen molar-refractivity contribution in [1.82, 2.24) is 15.5 Å². The van der Waals surface area contributed by atoms with Crippen molar-refractivity contribution in [3.63, 3.8) is 0 Å². The molecule has 0 bridgehead atoms. The maximum atomic E-state index is 3.32. The Labute approximate surface area is 73.0 Å². The van der Waals surface area contributed by atoms with Crippen molar-refractivity contribution in [3.05, 3.63) is 0 Å². The van der Waals surface area contributed by atoms with Gasteiger partial charge in [-0.25, -0.2) is 0 Å². The summed E-state index contributed by atoms with van der Waals surface area (Å²) in [7, 11) is 7.33. The third kappa shape index (κ3) is 2.26. The Balaban J connectivity index is 4.26. The van der Waals surface area contributed by atoms with Gasteiger partial charge in [-0.3, -0.25) is 15.5 Å². The molecule has 0 radical (unpaired) electrons. The highest BCUT2D eigenvalue weighted by Gasteiger charge is 2.26. The third-order valence-electron chi connectivity index (χ3n) is 2.46. The Morgan fingerprint density at radius 3 is 1.91 bits per heavy atom. The fraction of sp³-hybridized carbons (Fsp3) is 1.00. The van der Waals surface area contributed by atoms with Gasteiger partial charge in [-0.1, -0.05) is 6.92 Å². The molecule has 0 spiro atoms. The van der Waals surface area contributed by atoms with E-state index in [1.54, 1.807) is 0 Å². The maximum absolute atomic E-state index is 3.32. The Bertz CT molecular complexity index is 95.6. The zero-order chi connectivity index (χ0) is 8.91. The summed E-state index contributed by atoms with van der Waals surface area (Å²) in [5, 5.41) is 6.63. The third-order valence-corrected chi connectivity index (χ3v) is 3.49. The number of nitrogens with one attached hydrogen (secondary N) is 2. The van der Waals surface area contributed by atoms with Crippen LogP contribution in [0.4, 0.5) is 0 Å². The molecule has 0 aromatic rings. The molecule has 0 aliphatic carbocycles. The van der Waals surface area contributed by atoms with Crippen molar-refractivity contribution in [3.8, 4) is 0 Å². The molecule has 68 valence electrons. The number of hydrogen-bond acceptors (Lipinski definition) is 3. The van der Waals surface area contributed by atoms with E-state index < -0.39 is 0 Å². The van der Waals surface area contributed by atoms with Crippen molar-refractivity contribution in [1.29, 1.82) is 0 Å². The number of rotatable bonds is 5. The minimum absolute atomic E-state index is 0.0287. The molecule has 3 nitrogen and oxygen atoms in total. The fourth-order valence-electron chi connectivity index (χ4n) is 1.40. The summed E-state index contributed by atoms with van der Waals surface area (Å²) in [6.45, 7) is 3.23. The van der Waals surface area contributed by atoms with E-state index in [0.717, 1.165) is 6.54 Å². The molecule has 0 aromatic heterocycles. The first-order valence-corrected chi connectivity index (χ1v) is 5.67. The van der Waals surface area contributed by atoms with Crippen LogP contribution in [-0.2, 0) is 0 Å². The second kappa shape index (κ2) is 4.87. The van der Waals surface area contributed by atoms with Crippen molar-refractivity contribution < 1.29 is 0 Å². The van der Waals surface area contributed by atoms with Gasteiger partial charge in [0.15, 0.2) is 0 Å². The van der Waals surface area contributed by atoms with E-state index in [0.29, 0.717) is 0 Å². The Morgan fingerprint density at radius 2 is 1.82 bits per heavy atom. The first-order valence-electron chi connectivity index (χ1n) is 4.25. The standard InChI is InChI=1S/C7H21N3Si/c1-5-10(4)7(6-11,8-2)9-3/h8-9H,5-6H2,1-4,11H3. The SMILES string of the molecule is CCN(C)C(C[SiH3])(NC)NC. The molecule has 0 amide bonds. The molecule has 0 saturated heterocycles. The van der Waals surface area contributed by atoms with Crippen LogP contribution in [0.1, 0.15) is 6.92 Å². The van der Waals surface area contributed by atoms with Crippen LogP contribution >= 0.6 is 0 Å². The van der Waals surface area contributed by atoms with Gasteiger partial charge in [-0.2, -0.15) is 0 Å². The Hall–Kier alpha value is 0.0969. The van der Waals surface area contributed by atoms with Crippen LogP contribution in [0.3, 0.4) is 0 Å². The quantitative estimate of drug-likeness (QED) is 0.407. The summed E-state index contributed by atoms with van der Waals surface area (Å²) >= 11 is 0. The average Bonchev–Trinajstić information content (AvgIpc) is 2.08. The monoisotopic (exact) mass is 175 g/mol. The number of hydrogen-bond donors (Lipinski definition) is 2. The topological polar surface area (TPSA) is 27.3 Å². The predicted molar refractivity (Wildman–Crippen MR) is 53.9 cm³/mol. The van der Waals surface area contributed by atoms with Crippen molar-refractivity contribution >= 4 is 10.2 Å². The van der Waals surface area contributed by atoms with Gasteiger partial charge in [0, 0.05) is 10.2 Å². The van der Waals surface area contributed by atoms with Gasteiger partial charge < -0.3 is 0 Å². The normalized spacial score (nSPS) is 12.8. The summed E-state index contributed by atoms with van der Waals surface area (Å²) in [5.74, 6) is 0.0287. The lowest BCUT2D eigenvalue weighted by molar-refractivity contribution is 0.0859. The van der Waals surface area contributed by atoms with Crippen molar-refractivity contribution in [2.45, 2.75) is 18.8 Å². The summed E-state index contributed by atoms with van der Waals surface area (Å²) in [5.41, 5.74) is 0. The maximum Gasteiger partial charge on any atom is 0.121 e. The van der Waals surface area contributed by atoms with Gasteiger partial charge >= 0.3 is 0 Å². The highest BCUT2D eigenvalue weighted by atomic mass is 28.1. The van der Waals surface area contributed by atoms with Crippen LogP contribution in [0.5, 0.6) is 0 Å². The lowest BCUT2D eigenvalue weighted by Crippen LogP contribution is -2.64. The molecule has 2 N–H and O–H groups in total. The summed E-state index contributed by atoms with van der Waals surface area (Å²) < 4.78 is 0. The molecule has 0 aliphatic heterocycles. The first kappa shape index (κ1) is 11.1. The van der Waals surface area contributed by atoms with Crippen LogP contribution in [0, 0.1) is 0 Å². The van der Waals surface area contributed by atoms with E-state index >= 15 is 0 Å². The van der Waals surface area contributed by atoms with E-state index in [-0.39, 0.29) is 5.79 Å². The van der Waals surface area contributed by atoms with Gasteiger partial charge in [-0.15, -0.1) is 0 Å². The van der Waals surface area contributed by atoms with Crippen molar-refractivity contribution in [2.24, 2.45) is 0 Å². The number of nitrogens with zero attached hydrogens (tertiary/aromatic N) is 1. The highest BCUT2D eigenvalue weighted by molar-refractivity contribution is 6.09. The van der Waals surface area contributed by atoms with Gasteiger partial charge in [0.05, 0.1) is 0 Å². The minimum Gasteiger partial charge on any atom is -0.290 e. The molecule has 4 heteroatoms. The van der Waals surface area contributed by atoms with Gasteiger partial charge in [0.1, 0.15) is 5.79 Å². The molecule has 0 aromatic carbocycles. The zero-order valence-corrected chi connectivity index (χ0v) is 10.4.